The van der Waals surface area contributed by atoms with Crippen LogP contribution in [-0.4, -0.2) is 52.2 Å². The maximum atomic E-state index is 13.0. The molecular formula is C22H30N4O3. The topological polar surface area (TPSA) is 95.7 Å². The quantitative estimate of drug-likeness (QED) is 0.734. The number of imide groups is 1. The Morgan fingerprint density at radius 1 is 1.21 bits per heavy atom. The molecule has 3 aliphatic rings. The van der Waals surface area contributed by atoms with E-state index in [2.05, 4.69) is 23.2 Å². The molecule has 156 valence electrons. The molecule has 0 aliphatic carbocycles. The predicted octanol–water partition coefficient (Wildman–Crippen LogP) is 1.54. The molecule has 0 saturated carbocycles. The van der Waals surface area contributed by atoms with Crippen LogP contribution in [0.5, 0.6) is 0 Å². The third-order valence-corrected chi connectivity index (χ3v) is 6.60. The number of rotatable bonds is 5. The van der Waals surface area contributed by atoms with E-state index in [1.165, 1.54) is 0 Å². The number of piperidine rings is 2. The Hall–Kier alpha value is -2.25. The zero-order valence-corrected chi connectivity index (χ0v) is 17.1. The number of nitrogens with zero attached hydrogens (tertiary/aromatic N) is 2. The van der Waals surface area contributed by atoms with E-state index in [1.807, 2.05) is 12.1 Å². The van der Waals surface area contributed by atoms with Crippen LogP contribution >= 0.6 is 0 Å². The molecule has 7 nitrogen and oxygen atoms in total. The minimum absolute atomic E-state index is 0.0262. The molecule has 2 fully saturated rings. The third kappa shape index (κ3) is 4.07. The molecule has 4 rings (SSSR count). The minimum atomic E-state index is -0.561. The molecule has 7 heteroatoms. The van der Waals surface area contributed by atoms with Crippen molar-refractivity contribution in [3.63, 3.8) is 0 Å². The smallest absolute Gasteiger partial charge is 0.255 e. The van der Waals surface area contributed by atoms with Crippen LogP contribution < -0.4 is 11.1 Å². The number of likely N-dealkylation sites (tertiary alicyclic amines) is 1. The number of hydrogen-bond donors (Lipinski definition) is 2. The molecule has 0 spiro atoms. The number of carbonyl (C=O) groups excluding carboxylic acids is 3. The molecule has 3 amide bonds. The lowest BCUT2D eigenvalue weighted by molar-refractivity contribution is -0.136. The molecule has 0 radical (unpaired) electrons. The van der Waals surface area contributed by atoms with Crippen molar-refractivity contribution in [2.75, 3.05) is 13.1 Å². The molecule has 0 bridgehead atoms. The van der Waals surface area contributed by atoms with E-state index in [4.69, 9.17) is 5.73 Å². The van der Waals surface area contributed by atoms with Gasteiger partial charge in [0.25, 0.3) is 5.91 Å². The second-order valence-corrected chi connectivity index (χ2v) is 8.78. The van der Waals surface area contributed by atoms with Gasteiger partial charge < -0.3 is 10.6 Å². The van der Waals surface area contributed by atoms with Gasteiger partial charge in [-0.1, -0.05) is 25.5 Å². The Bertz CT molecular complexity index is 829. The number of amides is 3. The van der Waals surface area contributed by atoms with Gasteiger partial charge in [0.15, 0.2) is 0 Å². The van der Waals surface area contributed by atoms with E-state index in [9.17, 15) is 14.4 Å². The van der Waals surface area contributed by atoms with E-state index in [-0.39, 0.29) is 29.7 Å². The molecule has 3 heterocycles. The molecule has 3 N–H and O–H groups in total. The van der Waals surface area contributed by atoms with Crippen molar-refractivity contribution >= 4 is 17.7 Å². The first-order valence-electron chi connectivity index (χ1n) is 10.7. The van der Waals surface area contributed by atoms with E-state index in [0.717, 1.165) is 56.4 Å². The fourth-order valence-corrected chi connectivity index (χ4v) is 4.86. The summed E-state index contributed by atoms with van der Waals surface area (Å²) in [6.07, 6.45) is 4.88. The van der Waals surface area contributed by atoms with Gasteiger partial charge >= 0.3 is 0 Å². The highest BCUT2D eigenvalue weighted by atomic mass is 16.2. The SMILES string of the molecule is CCCC1(N)CCN(Cc2ccc3c(c2)C(=O)N(C2CCC(=O)NC2=O)C3)CC1. The average molecular weight is 399 g/mol. The first-order chi connectivity index (χ1) is 13.9. The van der Waals surface area contributed by atoms with Crippen molar-refractivity contribution in [2.24, 2.45) is 5.73 Å². The lowest BCUT2D eigenvalue weighted by atomic mass is 9.84. The first kappa shape index (κ1) is 20.0. The minimum Gasteiger partial charge on any atom is -0.325 e. The lowest BCUT2D eigenvalue weighted by Crippen LogP contribution is -2.52. The van der Waals surface area contributed by atoms with E-state index in [0.29, 0.717) is 18.5 Å². The van der Waals surface area contributed by atoms with Gasteiger partial charge in [0.05, 0.1) is 0 Å². The van der Waals surface area contributed by atoms with Crippen LogP contribution in [0.3, 0.4) is 0 Å². The van der Waals surface area contributed by atoms with Crippen LogP contribution in [0.25, 0.3) is 0 Å². The summed E-state index contributed by atoms with van der Waals surface area (Å²) < 4.78 is 0. The van der Waals surface area contributed by atoms with E-state index in [1.54, 1.807) is 4.90 Å². The molecule has 1 unspecified atom stereocenters. The second kappa shape index (κ2) is 7.88. The zero-order chi connectivity index (χ0) is 20.6. The maximum Gasteiger partial charge on any atom is 0.255 e. The normalized spacial score (nSPS) is 24.6. The van der Waals surface area contributed by atoms with Crippen molar-refractivity contribution in [3.05, 3.63) is 34.9 Å². The van der Waals surface area contributed by atoms with Crippen LogP contribution in [0.15, 0.2) is 18.2 Å². The third-order valence-electron chi connectivity index (χ3n) is 6.60. The van der Waals surface area contributed by atoms with Crippen LogP contribution in [0, 0.1) is 0 Å². The van der Waals surface area contributed by atoms with Crippen molar-refractivity contribution < 1.29 is 14.4 Å². The Morgan fingerprint density at radius 3 is 2.66 bits per heavy atom. The van der Waals surface area contributed by atoms with E-state index < -0.39 is 6.04 Å². The van der Waals surface area contributed by atoms with Crippen LogP contribution in [-0.2, 0) is 22.7 Å². The molecule has 1 aromatic carbocycles. The number of nitrogens with one attached hydrogen (secondary N) is 1. The second-order valence-electron chi connectivity index (χ2n) is 8.78. The fraction of sp³-hybridized carbons (Fsp3) is 0.591. The van der Waals surface area contributed by atoms with Gasteiger partial charge in [-0.05, 0) is 42.9 Å². The summed E-state index contributed by atoms with van der Waals surface area (Å²) in [6.45, 7) is 5.37. The molecule has 0 aromatic heterocycles. The van der Waals surface area contributed by atoms with Crippen molar-refractivity contribution in [3.8, 4) is 0 Å². The number of carbonyl (C=O) groups is 3. The Labute approximate surface area is 171 Å². The van der Waals surface area contributed by atoms with E-state index >= 15 is 0 Å². The standard InChI is InChI=1S/C22H30N4O3/c1-2-7-22(23)8-10-25(11-9-22)13-15-3-4-16-14-26(21(29)17(16)12-15)18-5-6-19(27)24-20(18)28/h3-4,12,18H,2,5-11,13-14,23H2,1H3,(H,24,27,28). The summed E-state index contributed by atoms with van der Waals surface area (Å²) in [4.78, 5) is 40.5. The largest absolute Gasteiger partial charge is 0.325 e. The molecule has 1 aromatic rings. The number of nitrogens with two attached hydrogens (primary N) is 1. The van der Waals surface area contributed by atoms with Crippen molar-refractivity contribution in [1.82, 2.24) is 15.1 Å². The number of fused-ring (bicyclic) bond motifs is 1. The Morgan fingerprint density at radius 2 is 1.97 bits per heavy atom. The Balaban J connectivity index is 1.41. The number of hydrogen-bond acceptors (Lipinski definition) is 5. The van der Waals surface area contributed by atoms with Gasteiger partial charge in [-0.25, -0.2) is 0 Å². The van der Waals surface area contributed by atoms with Gasteiger partial charge in [0.1, 0.15) is 6.04 Å². The molecule has 1 atom stereocenters. The first-order valence-corrected chi connectivity index (χ1v) is 10.7. The highest BCUT2D eigenvalue weighted by molar-refractivity contribution is 6.05. The van der Waals surface area contributed by atoms with Gasteiger partial charge in [0, 0.05) is 43.7 Å². The Kier molecular flexibility index (Phi) is 5.44. The van der Waals surface area contributed by atoms with Gasteiger partial charge in [-0.3, -0.25) is 24.6 Å². The highest BCUT2D eigenvalue weighted by Gasteiger charge is 2.39. The summed E-state index contributed by atoms with van der Waals surface area (Å²) in [5.41, 5.74) is 9.21. The van der Waals surface area contributed by atoms with Crippen LogP contribution in [0.4, 0.5) is 0 Å². The number of benzene rings is 1. The van der Waals surface area contributed by atoms with Gasteiger partial charge in [-0.15, -0.1) is 0 Å². The highest BCUT2D eigenvalue weighted by Crippen LogP contribution is 2.30. The summed E-state index contributed by atoms with van der Waals surface area (Å²) in [5.74, 6) is -0.744. The molecule has 29 heavy (non-hydrogen) atoms. The van der Waals surface area contributed by atoms with Gasteiger partial charge in [0.2, 0.25) is 11.8 Å². The van der Waals surface area contributed by atoms with Crippen LogP contribution in [0.1, 0.15) is 66.9 Å². The fourth-order valence-electron chi connectivity index (χ4n) is 4.86. The molecule has 3 aliphatic heterocycles. The summed E-state index contributed by atoms with van der Waals surface area (Å²) in [7, 11) is 0. The summed E-state index contributed by atoms with van der Waals surface area (Å²) >= 11 is 0. The zero-order valence-electron chi connectivity index (χ0n) is 17.1. The lowest BCUT2D eigenvalue weighted by Gasteiger charge is -2.39. The van der Waals surface area contributed by atoms with Crippen molar-refractivity contribution in [1.29, 1.82) is 0 Å². The van der Waals surface area contributed by atoms with Crippen LogP contribution in [0.2, 0.25) is 0 Å². The average Bonchev–Trinajstić information content (AvgIpc) is 3.00. The monoisotopic (exact) mass is 398 g/mol. The molecule has 2 saturated heterocycles. The summed E-state index contributed by atoms with van der Waals surface area (Å²) in [6, 6.07) is 5.49. The summed E-state index contributed by atoms with van der Waals surface area (Å²) in [5, 5.41) is 2.35. The predicted molar refractivity (Wildman–Crippen MR) is 109 cm³/mol. The maximum absolute atomic E-state index is 13.0. The van der Waals surface area contributed by atoms with Gasteiger partial charge in [-0.2, -0.15) is 0 Å². The van der Waals surface area contributed by atoms with Crippen molar-refractivity contribution in [2.45, 2.75) is 70.1 Å². The molecular weight excluding hydrogens is 368 g/mol.